The van der Waals surface area contributed by atoms with Gasteiger partial charge in [-0.3, -0.25) is 0 Å². The van der Waals surface area contributed by atoms with Crippen LogP contribution in [0.2, 0.25) is 0 Å². The minimum Gasteiger partial charge on any atom is -0.310 e. The number of rotatable bonds is 5. The van der Waals surface area contributed by atoms with E-state index in [0.29, 0.717) is 0 Å². The highest BCUT2D eigenvalue weighted by atomic mass is 32.1. The summed E-state index contributed by atoms with van der Waals surface area (Å²) in [5, 5.41) is 13.0. The number of benzene rings is 10. The van der Waals surface area contributed by atoms with Crippen molar-refractivity contribution in [3.63, 3.8) is 0 Å². The standard InChI is InChI=1S/C52H33NS/c1-3-13-34(14-4-1)36-23-27-38(28-24-36)53(39-29-25-37(26-30-39)35-15-5-2-6-16-35)48-33-49-50(45-22-12-10-20-43(45)48)47-32-31-46-42-19-8-7-17-40(42)41-18-9-11-21-44(41)51(46)52(47)54-49/h1-33H. The van der Waals surface area contributed by atoms with Gasteiger partial charge >= 0.3 is 0 Å². The van der Waals surface area contributed by atoms with Gasteiger partial charge in [0.2, 0.25) is 0 Å². The van der Waals surface area contributed by atoms with Gasteiger partial charge in [0.25, 0.3) is 0 Å². The molecule has 0 spiro atoms. The lowest BCUT2D eigenvalue weighted by molar-refractivity contribution is 1.30. The van der Waals surface area contributed by atoms with Crippen LogP contribution in [0, 0.1) is 0 Å². The second kappa shape index (κ2) is 12.4. The Morgan fingerprint density at radius 3 is 1.22 bits per heavy atom. The topological polar surface area (TPSA) is 3.24 Å². The quantitative estimate of drug-likeness (QED) is 0.161. The van der Waals surface area contributed by atoms with Gasteiger partial charge in [0.1, 0.15) is 0 Å². The Morgan fingerprint density at radius 1 is 0.296 bits per heavy atom. The van der Waals surface area contributed by atoms with Gasteiger partial charge in [-0.25, -0.2) is 0 Å². The lowest BCUT2D eigenvalue weighted by Crippen LogP contribution is -2.10. The third-order valence-electron chi connectivity index (χ3n) is 11.0. The minimum absolute atomic E-state index is 1.12. The van der Waals surface area contributed by atoms with E-state index in [1.165, 1.54) is 91.2 Å². The lowest BCUT2D eigenvalue weighted by Gasteiger charge is -2.27. The molecule has 0 N–H and O–H groups in total. The van der Waals surface area contributed by atoms with Gasteiger partial charge in [0.05, 0.1) is 5.69 Å². The summed E-state index contributed by atoms with van der Waals surface area (Å²) in [4.78, 5) is 2.44. The fourth-order valence-corrected chi connectivity index (χ4v) is 9.86. The molecule has 1 nitrogen and oxygen atoms in total. The number of fused-ring (bicyclic) bond motifs is 12. The van der Waals surface area contributed by atoms with Crippen LogP contribution in [-0.2, 0) is 0 Å². The number of hydrogen-bond donors (Lipinski definition) is 0. The normalized spacial score (nSPS) is 11.7. The number of nitrogens with zero attached hydrogens (tertiary/aromatic N) is 1. The summed E-state index contributed by atoms with van der Waals surface area (Å²) >= 11 is 1.92. The van der Waals surface area contributed by atoms with Crippen LogP contribution in [0.1, 0.15) is 0 Å². The van der Waals surface area contributed by atoms with Gasteiger partial charge in [-0.2, -0.15) is 0 Å². The molecule has 0 amide bonds. The molecule has 0 atom stereocenters. The van der Waals surface area contributed by atoms with Crippen LogP contribution in [0.25, 0.3) is 85.5 Å². The van der Waals surface area contributed by atoms with E-state index in [4.69, 9.17) is 0 Å². The van der Waals surface area contributed by atoms with Crippen molar-refractivity contribution < 1.29 is 0 Å². The predicted octanol–water partition coefficient (Wildman–Crippen LogP) is 15.5. The molecule has 54 heavy (non-hydrogen) atoms. The molecule has 252 valence electrons. The molecule has 2 heteroatoms. The van der Waals surface area contributed by atoms with E-state index in [9.17, 15) is 0 Å². The summed E-state index contributed by atoms with van der Waals surface area (Å²) in [5.74, 6) is 0. The molecule has 1 aromatic heterocycles. The van der Waals surface area contributed by atoms with E-state index in [1.54, 1.807) is 0 Å². The van der Waals surface area contributed by atoms with Crippen molar-refractivity contribution in [3.05, 3.63) is 200 Å². The highest BCUT2D eigenvalue weighted by Crippen LogP contribution is 2.49. The van der Waals surface area contributed by atoms with Crippen molar-refractivity contribution in [1.82, 2.24) is 0 Å². The molecular weight excluding hydrogens is 671 g/mol. The molecule has 0 bridgehead atoms. The van der Waals surface area contributed by atoms with Gasteiger partial charge in [-0.1, -0.05) is 170 Å². The van der Waals surface area contributed by atoms with E-state index in [-0.39, 0.29) is 0 Å². The zero-order chi connectivity index (χ0) is 35.6. The zero-order valence-corrected chi connectivity index (χ0v) is 30.2. The highest BCUT2D eigenvalue weighted by Gasteiger charge is 2.21. The van der Waals surface area contributed by atoms with Crippen LogP contribution in [-0.4, -0.2) is 0 Å². The molecule has 0 aliphatic rings. The molecular formula is C52H33NS. The van der Waals surface area contributed by atoms with Gasteiger partial charge in [-0.05, 0) is 84.9 Å². The fraction of sp³-hybridized carbons (Fsp3) is 0. The first-order valence-corrected chi connectivity index (χ1v) is 19.3. The van der Waals surface area contributed by atoms with Crippen LogP contribution in [0.3, 0.4) is 0 Å². The minimum atomic E-state index is 1.12. The Hall–Kier alpha value is -6.74. The van der Waals surface area contributed by atoms with E-state index >= 15 is 0 Å². The molecule has 1 heterocycles. The maximum atomic E-state index is 2.44. The van der Waals surface area contributed by atoms with Crippen molar-refractivity contribution >= 4 is 91.7 Å². The molecule has 0 saturated heterocycles. The van der Waals surface area contributed by atoms with Crippen LogP contribution < -0.4 is 4.90 Å². The second-order valence-electron chi connectivity index (χ2n) is 14.0. The first-order chi connectivity index (χ1) is 26.8. The van der Waals surface area contributed by atoms with E-state index < -0.39 is 0 Å². The van der Waals surface area contributed by atoms with E-state index in [0.717, 1.165) is 11.4 Å². The van der Waals surface area contributed by atoms with Crippen molar-refractivity contribution in [2.24, 2.45) is 0 Å². The largest absolute Gasteiger partial charge is 0.310 e. The average molecular weight is 704 g/mol. The summed E-state index contributed by atoms with van der Waals surface area (Å²) < 4.78 is 2.63. The Labute approximate surface area is 317 Å². The Kier molecular flexibility index (Phi) is 7.11. The van der Waals surface area contributed by atoms with Crippen LogP contribution in [0.4, 0.5) is 17.1 Å². The van der Waals surface area contributed by atoms with Gasteiger partial charge in [0, 0.05) is 42.3 Å². The molecule has 0 unspecified atom stereocenters. The third-order valence-corrected chi connectivity index (χ3v) is 12.2. The summed E-state index contributed by atoms with van der Waals surface area (Å²) in [5.41, 5.74) is 8.25. The summed E-state index contributed by atoms with van der Waals surface area (Å²) in [6.07, 6.45) is 0. The maximum absolute atomic E-state index is 2.44. The molecule has 0 saturated carbocycles. The predicted molar refractivity (Wildman–Crippen MR) is 235 cm³/mol. The van der Waals surface area contributed by atoms with Crippen LogP contribution in [0.5, 0.6) is 0 Å². The molecule has 11 rings (SSSR count). The molecule has 0 aliphatic heterocycles. The summed E-state index contributed by atoms with van der Waals surface area (Å²) in [6, 6.07) is 73.2. The Balaban J connectivity index is 1.18. The SMILES string of the molecule is c1ccc(-c2ccc(N(c3ccc(-c4ccccc4)cc3)c3cc4sc5c(ccc6c7ccccc7c7ccccc7c65)c4c4ccccc34)cc2)cc1. The van der Waals surface area contributed by atoms with Crippen molar-refractivity contribution in [2.45, 2.75) is 0 Å². The van der Waals surface area contributed by atoms with E-state index in [2.05, 4.69) is 205 Å². The molecule has 0 fully saturated rings. The van der Waals surface area contributed by atoms with Crippen LogP contribution >= 0.6 is 11.3 Å². The van der Waals surface area contributed by atoms with Crippen LogP contribution in [0.15, 0.2) is 200 Å². The third kappa shape index (κ3) is 4.85. The van der Waals surface area contributed by atoms with Gasteiger partial charge in [-0.15, -0.1) is 11.3 Å². The first-order valence-electron chi connectivity index (χ1n) is 18.5. The smallest absolute Gasteiger partial charge is 0.0554 e. The monoisotopic (exact) mass is 703 g/mol. The zero-order valence-electron chi connectivity index (χ0n) is 29.4. The maximum Gasteiger partial charge on any atom is 0.0554 e. The summed E-state index contributed by atoms with van der Waals surface area (Å²) in [6.45, 7) is 0. The first kappa shape index (κ1) is 30.8. The second-order valence-corrected chi connectivity index (χ2v) is 15.1. The Bertz CT molecular complexity index is 3060. The van der Waals surface area contributed by atoms with Crippen molar-refractivity contribution in [2.75, 3.05) is 4.90 Å². The molecule has 10 aromatic carbocycles. The van der Waals surface area contributed by atoms with Gasteiger partial charge < -0.3 is 4.90 Å². The van der Waals surface area contributed by atoms with Crippen molar-refractivity contribution in [1.29, 1.82) is 0 Å². The highest BCUT2D eigenvalue weighted by molar-refractivity contribution is 7.27. The van der Waals surface area contributed by atoms with Gasteiger partial charge in [0.15, 0.2) is 0 Å². The Morgan fingerprint density at radius 2 is 0.685 bits per heavy atom. The number of thiophene rings is 1. The van der Waals surface area contributed by atoms with Crippen molar-refractivity contribution in [3.8, 4) is 22.3 Å². The molecule has 11 aromatic rings. The number of anilines is 3. The lowest BCUT2D eigenvalue weighted by atomic mass is 9.93. The molecule has 0 radical (unpaired) electrons. The summed E-state index contributed by atoms with van der Waals surface area (Å²) in [7, 11) is 0. The van der Waals surface area contributed by atoms with E-state index in [1.807, 2.05) is 11.3 Å². The average Bonchev–Trinajstić information content (AvgIpc) is 3.64. The molecule has 0 aliphatic carbocycles. The fourth-order valence-electron chi connectivity index (χ4n) is 8.55. The number of hydrogen-bond acceptors (Lipinski definition) is 2.